The van der Waals surface area contributed by atoms with Gasteiger partial charge in [0, 0.05) is 0 Å². The summed E-state index contributed by atoms with van der Waals surface area (Å²) in [6.07, 6.45) is -7.68. The molecule has 10 heteroatoms. The Bertz CT molecular complexity index is 636. The largest absolute Gasteiger partial charge is 0.460 e. The van der Waals surface area contributed by atoms with Crippen molar-refractivity contribution in [1.82, 2.24) is 0 Å². The summed E-state index contributed by atoms with van der Waals surface area (Å²) in [7, 11) is 0. The van der Waals surface area contributed by atoms with Crippen LogP contribution >= 0.6 is 0 Å². The number of halogens is 9. The van der Waals surface area contributed by atoms with Crippen LogP contribution in [0.25, 0.3) is 0 Å². The van der Waals surface area contributed by atoms with E-state index in [1.807, 2.05) is 6.92 Å². The number of alkyl halides is 9. The molecule has 0 aliphatic heterocycles. The molecule has 0 radical (unpaired) electrons. The highest BCUT2D eigenvalue weighted by Crippen LogP contribution is 2.55. The second-order valence-electron chi connectivity index (χ2n) is 6.56. The molecule has 0 saturated carbocycles. The Morgan fingerprint density at radius 3 is 1.85 bits per heavy atom. The molecule has 0 heterocycles. The van der Waals surface area contributed by atoms with Gasteiger partial charge >= 0.3 is 23.9 Å². The van der Waals surface area contributed by atoms with Crippen molar-refractivity contribution in [3.05, 3.63) is 35.4 Å². The Labute approximate surface area is 150 Å². The van der Waals surface area contributed by atoms with Crippen LogP contribution in [0.15, 0.2) is 24.3 Å². The number of benzene rings is 1. The van der Waals surface area contributed by atoms with Crippen LogP contribution < -0.4 is 0 Å². The molecule has 156 valence electrons. The number of unbranched alkanes of at least 4 members (excludes halogenated alkanes) is 1. The van der Waals surface area contributed by atoms with E-state index in [9.17, 15) is 44.6 Å². The first-order valence-electron chi connectivity index (χ1n) is 8.02. The van der Waals surface area contributed by atoms with E-state index in [4.69, 9.17) is 0 Å². The molecule has 0 amide bonds. The van der Waals surface area contributed by atoms with Gasteiger partial charge < -0.3 is 5.11 Å². The van der Waals surface area contributed by atoms with Gasteiger partial charge in [0.25, 0.3) is 0 Å². The number of aryl methyl sites for hydroxylation is 1. The molecule has 0 aliphatic rings. The predicted octanol–water partition coefficient (Wildman–Crippen LogP) is 6.10. The first-order valence-corrected chi connectivity index (χ1v) is 8.02. The minimum atomic E-state index is -6.97. The molecule has 1 rings (SSSR count). The summed E-state index contributed by atoms with van der Waals surface area (Å²) in [5, 5.41) is 10.3. The molecule has 0 saturated heterocycles. The zero-order valence-electron chi connectivity index (χ0n) is 14.5. The van der Waals surface area contributed by atoms with Crippen molar-refractivity contribution in [2.24, 2.45) is 0 Å². The van der Waals surface area contributed by atoms with Crippen molar-refractivity contribution in [2.75, 3.05) is 0 Å². The Balaban J connectivity index is 3.28. The van der Waals surface area contributed by atoms with Gasteiger partial charge in [0.15, 0.2) is 0 Å². The van der Waals surface area contributed by atoms with Gasteiger partial charge in [0.1, 0.15) is 0 Å². The molecule has 1 unspecified atom stereocenters. The Morgan fingerprint density at radius 1 is 0.852 bits per heavy atom. The van der Waals surface area contributed by atoms with Crippen molar-refractivity contribution < 1.29 is 44.6 Å². The second-order valence-corrected chi connectivity index (χ2v) is 6.56. The summed E-state index contributed by atoms with van der Waals surface area (Å²) in [6.45, 7) is 2.49. The van der Waals surface area contributed by atoms with E-state index < -0.39 is 36.0 Å². The van der Waals surface area contributed by atoms with Crippen molar-refractivity contribution in [2.45, 2.75) is 69.1 Å². The quantitative estimate of drug-likeness (QED) is 0.514. The van der Waals surface area contributed by atoms with Crippen molar-refractivity contribution >= 4 is 0 Å². The molecule has 1 aromatic carbocycles. The highest BCUT2D eigenvalue weighted by molar-refractivity contribution is 5.32. The normalized spacial score (nSPS) is 16.3. The van der Waals surface area contributed by atoms with Gasteiger partial charge in [-0.1, -0.05) is 37.6 Å². The average molecular weight is 410 g/mol. The van der Waals surface area contributed by atoms with Crippen LogP contribution in [0.3, 0.4) is 0 Å². The summed E-state index contributed by atoms with van der Waals surface area (Å²) < 4.78 is 117. The number of hydrogen-bond donors (Lipinski definition) is 1. The number of aliphatic hydroxyl groups is 1. The minimum absolute atomic E-state index is 0.232. The predicted molar refractivity (Wildman–Crippen MR) is 80.1 cm³/mol. The summed E-state index contributed by atoms with van der Waals surface area (Å²) >= 11 is 0. The number of rotatable bonds is 8. The van der Waals surface area contributed by atoms with E-state index in [-0.39, 0.29) is 12.0 Å². The SMILES string of the molecule is CCCCc1ccccc1C(C)(O)CC(F)(F)C(F)(F)C(F)(F)C(F)(F)F. The summed E-state index contributed by atoms with van der Waals surface area (Å²) in [5.41, 5.74) is -2.69. The van der Waals surface area contributed by atoms with E-state index in [0.29, 0.717) is 25.3 Å². The third-order valence-electron chi connectivity index (χ3n) is 4.17. The maximum atomic E-state index is 13.9. The Kier molecular flexibility index (Phi) is 6.57. The summed E-state index contributed by atoms with van der Waals surface area (Å²) in [6, 6.07) is 5.37. The van der Waals surface area contributed by atoms with Crippen molar-refractivity contribution in [1.29, 1.82) is 0 Å². The molecule has 0 spiro atoms. The molecular weight excluding hydrogens is 391 g/mol. The second kappa shape index (κ2) is 7.52. The number of hydrogen-bond acceptors (Lipinski definition) is 1. The zero-order valence-corrected chi connectivity index (χ0v) is 14.5. The maximum absolute atomic E-state index is 13.9. The van der Waals surface area contributed by atoms with Gasteiger partial charge in [0.2, 0.25) is 0 Å². The van der Waals surface area contributed by atoms with E-state index in [0.717, 1.165) is 6.07 Å². The molecule has 1 aromatic rings. The van der Waals surface area contributed by atoms with Crippen LogP contribution in [0.2, 0.25) is 0 Å². The molecule has 0 fully saturated rings. The highest BCUT2D eigenvalue weighted by Gasteiger charge is 2.81. The van der Waals surface area contributed by atoms with Crippen LogP contribution in [0, 0.1) is 0 Å². The van der Waals surface area contributed by atoms with E-state index in [2.05, 4.69) is 0 Å². The smallest absolute Gasteiger partial charge is 0.385 e. The fraction of sp³-hybridized carbons (Fsp3) is 0.647. The third kappa shape index (κ3) is 4.52. The molecule has 27 heavy (non-hydrogen) atoms. The maximum Gasteiger partial charge on any atom is 0.460 e. The molecule has 0 bridgehead atoms. The standard InChI is InChI=1S/C17H19F9O/c1-3-4-7-11-8-5-6-9-12(11)13(2,27)10-14(18,19)15(20,21)16(22,23)17(24,25)26/h5-6,8-9,27H,3-4,7,10H2,1-2H3. The van der Waals surface area contributed by atoms with Gasteiger partial charge in [-0.05, 0) is 30.9 Å². The van der Waals surface area contributed by atoms with Crippen LogP contribution in [-0.4, -0.2) is 29.1 Å². The van der Waals surface area contributed by atoms with Gasteiger partial charge in [0.05, 0.1) is 12.0 Å². The molecular formula is C17H19F9O. The fourth-order valence-electron chi connectivity index (χ4n) is 2.68. The van der Waals surface area contributed by atoms with Gasteiger partial charge in [-0.15, -0.1) is 0 Å². The lowest BCUT2D eigenvalue weighted by Gasteiger charge is -2.37. The fourth-order valence-corrected chi connectivity index (χ4v) is 2.68. The van der Waals surface area contributed by atoms with Crippen molar-refractivity contribution in [3.63, 3.8) is 0 Å². The van der Waals surface area contributed by atoms with Crippen LogP contribution in [0.4, 0.5) is 39.5 Å². The first-order chi connectivity index (χ1) is 12.0. The van der Waals surface area contributed by atoms with Gasteiger partial charge in [-0.3, -0.25) is 0 Å². The monoisotopic (exact) mass is 410 g/mol. The summed E-state index contributed by atoms with van der Waals surface area (Å²) in [4.78, 5) is 0. The van der Waals surface area contributed by atoms with Crippen molar-refractivity contribution in [3.8, 4) is 0 Å². The van der Waals surface area contributed by atoms with Crippen LogP contribution in [0.5, 0.6) is 0 Å². The van der Waals surface area contributed by atoms with Gasteiger partial charge in [-0.25, -0.2) is 0 Å². The highest BCUT2D eigenvalue weighted by atomic mass is 19.4. The van der Waals surface area contributed by atoms with E-state index >= 15 is 0 Å². The van der Waals surface area contributed by atoms with Gasteiger partial charge in [-0.2, -0.15) is 39.5 Å². The molecule has 1 N–H and O–H groups in total. The third-order valence-corrected chi connectivity index (χ3v) is 4.17. The zero-order chi connectivity index (χ0) is 21.3. The molecule has 0 aliphatic carbocycles. The minimum Gasteiger partial charge on any atom is -0.385 e. The molecule has 0 aromatic heterocycles. The summed E-state index contributed by atoms with van der Waals surface area (Å²) in [5.74, 6) is -19.6. The van der Waals surface area contributed by atoms with E-state index in [1.54, 1.807) is 0 Å². The lowest BCUT2D eigenvalue weighted by molar-refractivity contribution is -0.400. The average Bonchev–Trinajstić information content (AvgIpc) is 2.50. The lowest BCUT2D eigenvalue weighted by atomic mass is 9.83. The lowest BCUT2D eigenvalue weighted by Crippen LogP contribution is -2.62. The Hall–Kier alpha value is -1.45. The first kappa shape index (κ1) is 23.6. The topological polar surface area (TPSA) is 20.2 Å². The Morgan fingerprint density at radius 2 is 1.37 bits per heavy atom. The van der Waals surface area contributed by atoms with Crippen LogP contribution in [-0.2, 0) is 12.0 Å². The van der Waals surface area contributed by atoms with E-state index in [1.165, 1.54) is 18.2 Å². The molecule has 1 atom stereocenters. The van der Waals surface area contributed by atoms with Crippen LogP contribution in [0.1, 0.15) is 44.2 Å². The molecule has 1 nitrogen and oxygen atoms in total.